The van der Waals surface area contributed by atoms with Crippen LogP contribution in [0.4, 0.5) is 28.0 Å². The smallest absolute Gasteiger partial charge is 0.368 e. The van der Waals surface area contributed by atoms with Crippen molar-refractivity contribution in [1.29, 1.82) is 0 Å². The van der Waals surface area contributed by atoms with Crippen LogP contribution in [0.25, 0.3) is 0 Å². The first kappa shape index (κ1) is 13.6. The molecule has 0 aromatic heterocycles. The molecule has 1 fully saturated rings. The van der Waals surface area contributed by atoms with Gasteiger partial charge in [-0.05, 0) is 24.3 Å². The van der Waals surface area contributed by atoms with E-state index in [-0.39, 0.29) is 13.1 Å². The van der Waals surface area contributed by atoms with Crippen molar-refractivity contribution in [3.63, 3.8) is 0 Å². The van der Waals surface area contributed by atoms with Crippen molar-refractivity contribution < 1.29 is 22.4 Å². The number of nitrogens with zero attached hydrogens (tertiary/aromatic N) is 2. The average molecular weight is 276 g/mol. The van der Waals surface area contributed by atoms with Crippen molar-refractivity contribution in [3.8, 4) is 0 Å². The zero-order chi connectivity index (χ0) is 14.0. The first-order valence-corrected chi connectivity index (χ1v) is 5.74. The maximum absolute atomic E-state index is 12.4. The van der Waals surface area contributed by atoms with Crippen LogP contribution in [0.5, 0.6) is 0 Å². The Hall–Kier alpha value is -1.79. The minimum atomic E-state index is -4.35. The molecule has 0 aliphatic carbocycles. The Labute approximate surface area is 107 Å². The average Bonchev–Trinajstić information content (AvgIpc) is 2.38. The highest BCUT2D eigenvalue weighted by atomic mass is 19.4. The Kier molecular flexibility index (Phi) is 3.64. The number of carbonyl (C=O) groups is 1. The number of halogens is 4. The number of anilines is 1. The standard InChI is InChI=1S/C12H12F4N2O/c13-11(19)18-7-5-17(6-8-18)10-3-1-9(2-4-10)12(14,15)16/h1-4H,5-8H2. The van der Waals surface area contributed by atoms with Crippen molar-refractivity contribution in [2.45, 2.75) is 6.18 Å². The Bertz CT molecular complexity index is 450. The summed E-state index contributed by atoms with van der Waals surface area (Å²) in [7, 11) is 0. The summed E-state index contributed by atoms with van der Waals surface area (Å²) in [6.07, 6.45) is -5.82. The Morgan fingerprint density at radius 2 is 1.53 bits per heavy atom. The largest absolute Gasteiger partial charge is 0.416 e. The molecule has 2 rings (SSSR count). The fourth-order valence-corrected chi connectivity index (χ4v) is 2.00. The van der Waals surface area contributed by atoms with E-state index in [4.69, 9.17) is 0 Å². The highest BCUT2D eigenvalue weighted by Gasteiger charge is 2.30. The van der Waals surface area contributed by atoms with Crippen LogP contribution in [-0.2, 0) is 6.18 Å². The van der Waals surface area contributed by atoms with Gasteiger partial charge < -0.3 is 9.80 Å². The molecule has 1 heterocycles. The fourth-order valence-electron chi connectivity index (χ4n) is 2.00. The molecule has 0 unspecified atom stereocenters. The van der Waals surface area contributed by atoms with E-state index in [0.717, 1.165) is 17.0 Å². The van der Waals surface area contributed by atoms with E-state index in [1.54, 1.807) is 0 Å². The van der Waals surface area contributed by atoms with Gasteiger partial charge in [0.25, 0.3) is 0 Å². The van der Waals surface area contributed by atoms with Gasteiger partial charge in [-0.3, -0.25) is 0 Å². The number of amides is 1. The predicted molar refractivity (Wildman–Crippen MR) is 61.7 cm³/mol. The summed E-state index contributed by atoms with van der Waals surface area (Å²) in [5, 5.41) is 0. The van der Waals surface area contributed by atoms with Crippen molar-refractivity contribution in [2.75, 3.05) is 31.1 Å². The van der Waals surface area contributed by atoms with Gasteiger partial charge in [0, 0.05) is 31.9 Å². The topological polar surface area (TPSA) is 23.6 Å². The third kappa shape index (κ3) is 3.15. The van der Waals surface area contributed by atoms with E-state index in [1.165, 1.54) is 12.1 Å². The molecule has 1 amide bonds. The number of hydrogen-bond donors (Lipinski definition) is 0. The summed E-state index contributed by atoms with van der Waals surface area (Å²) in [6, 6.07) is 4.80. The first-order valence-electron chi connectivity index (χ1n) is 5.74. The van der Waals surface area contributed by atoms with Crippen LogP contribution in [0.3, 0.4) is 0 Å². The zero-order valence-electron chi connectivity index (χ0n) is 9.95. The van der Waals surface area contributed by atoms with E-state index in [9.17, 15) is 22.4 Å². The molecule has 1 aliphatic heterocycles. The van der Waals surface area contributed by atoms with E-state index in [0.29, 0.717) is 18.8 Å². The molecule has 104 valence electrons. The molecule has 1 aliphatic rings. The summed E-state index contributed by atoms with van der Waals surface area (Å²) in [5.41, 5.74) is -0.0622. The van der Waals surface area contributed by atoms with Gasteiger partial charge in [0.1, 0.15) is 0 Å². The molecule has 0 radical (unpaired) electrons. The fraction of sp³-hybridized carbons (Fsp3) is 0.417. The molecule has 0 atom stereocenters. The van der Waals surface area contributed by atoms with Crippen molar-refractivity contribution in [2.24, 2.45) is 0 Å². The maximum Gasteiger partial charge on any atom is 0.416 e. The summed E-state index contributed by atoms with van der Waals surface area (Å²) in [6.45, 7) is 1.27. The summed E-state index contributed by atoms with van der Waals surface area (Å²) >= 11 is 0. The third-order valence-corrected chi connectivity index (χ3v) is 3.09. The van der Waals surface area contributed by atoms with Crippen LogP contribution >= 0.6 is 0 Å². The van der Waals surface area contributed by atoms with Crippen LogP contribution < -0.4 is 4.90 Å². The van der Waals surface area contributed by atoms with Crippen molar-refractivity contribution in [1.82, 2.24) is 4.90 Å². The highest BCUT2D eigenvalue weighted by Crippen LogP contribution is 2.30. The van der Waals surface area contributed by atoms with Gasteiger partial charge in [-0.15, -0.1) is 4.39 Å². The second kappa shape index (κ2) is 5.07. The van der Waals surface area contributed by atoms with Crippen molar-refractivity contribution >= 4 is 11.8 Å². The van der Waals surface area contributed by atoms with E-state index in [1.807, 2.05) is 4.90 Å². The Morgan fingerprint density at radius 1 is 1.00 bits per heavy atom. The van der Waals surface area contributed by atoms with E-state index in [2.05, 4.69) is 0 Å². The molecule has 1 aromatic rings. The number of rotatable bonds is 1. The van der Waals surface area contributed by atoms with Gasteiger partial charge in [0.2, 0.25) is 0 Å². The number of carbonyl (C=O) groups excluding carboxylic acids is 1. The van der Waals surface area contributed by atoms with Crippen LogP contribution in [-0.4, -0.2) is 37.2 Å². The molecular formula is C12H12F4N2O. The molecule has 0 saturated carbocycles. The quantitative estimate of drug-likeness (QED) is 0.447. The van der Waals surface area contributed by atoms with Gasteiger partial charge in [-0.1, -0.05) is 0 Å². The maximum atomic E-state index is 12.4. The molecule has 1 aromatic carbocycles. The lowest BCUT2D eigenvalue weighted by Gasteiger charge is -2.34. The van der Waals surface area contributed by atoms with Crippen LogP contribution in [0.15, 0.2) is 24.3 Å². The van der Waals surface area contributed by atoms with Crippen LogP contribution in [0.1, 0.15) is 5.56 Å². The van der Waals surface area contributed by atoms with Gasteiger partial charge in [0.05, 0.1) is 5.56 Å². The van der Waals surface area contributed by atoms with Gasteiger partial charge in [-0.2, -0.15) is 13.2 Å². The molecule has 19 heavy (non-hydrogen) atoms. The SMILES string of the molecule is O=C(F)N1CCN(c2ccc(C(F)(F)F)cc2)CC1. The first-order chi connectivity index (χ1) is 8.88. The van der Waals surface area contributed by atoms with E-state index >= 15 is 0 Å². The van der Waals surface area contributed by atoms with E-state index < -0.39 is 17.9 Å². The second-order valence-corrected chi connectivity index (χ2v) is 4.27. The zero-order valence-corrected chi connectivity index (χ0v) is 9.95. The number of alkyl halides is 3. The molecular weight excluding hydrogens is 264 g/mol. The Balaban J connectivity index is 2.02. The summed E-state index contributed by atoms with van der Waals surface area (Å²) < 4.78 is 49.7. The molecule has 7 heteroatoms. The molecule has 0 bridgehead atoms. The lowest BCUT2D eigenvalue weighted by atomic mass is 10.1. The number of hydrogen-bond acceptors (Lipinski definition) is 2. The van der Waals surface area contributed by atoms with Crippen molar-refractivity contribution in [3.05, 3.63) is 29.8 Å². The normalized spacial score (nSPS) is 16.6. The monoisotopic (exact) mass is 276 g/mol. The number of piperazine rings is 1. The Morgan fingerprint density at radius 3 is 1.95 bits per heavy atom. The summed E-state index contributed by atoms with van der Waals surface area (Å²) in [4.78, 5) is 13.4. The lowest BCUT2D eigenvalue weighted by molar-refractivity contribution is -0.137. The van der Waals surface area contributed by atoms with Gasteiger partial charge >= 0.3 is 12.3 Å². The molecule has 1 saturated heterocycles. The number of benzene rings is 1. The minimum Gasteiger partial charge on any atom is -0.368 e. The van der Waals surface area contributed by atoms with Crippen LogP contribution in [0.2, 0.25) is 0 Å². The molecule has 3 nitrogen and oxygen atoms in total. The molecule has 0 N–H and O–H groups in total. The lowest BCUT2D eigenvalue weighted by Crippen LogP contribution is -2.47. The summed E-state index contributed by atoms with van der Waals surface area (Å²) in [5.74, 6) is 0. The van der Waals surface area contributed by atoms with Gasteiger partial charge in [0.15, 0.2) is 0 Å². The third-order valence-electron chi connectivity index (χ3n) is 3.09. The van der Waals surface area contributed by atoms with Crippen LogP contribution in [0, 0.1) is 0 Å². The predicted octanol–water partition coefficient (Wildman–Crippen LogP) is 2.92. The highest BCUT2D eigenvalue weighted by molar-refractivity contribution is 5.66. The molecule has 0 spiro atoms. The second-order valence-electron chi connectivity index (χ2n) is 4.27. The minimum absolute atomic E-state index is 0.232. The van der Waals surface area contributed by atoms with Gasteiger partial charge in [-0.25, -0.2) is 4.79 Å².